The number of hydrogen-bond donors (Lipinski definition) is 2. The molecule has 106 valence electrons. The standard InChI is InChI=1S/C14H22N2O3/c1-3-4-5-8-19-10-14(17)16-13-7-6-11(18-2)9-12(13)15/h6-7,9H,3-5,8,10,15H2,1-2H3,(H,16,17). The molecule has 0 heterocycles. The maximum absolute atomic E-state index is 11.6. The third kappa shape index (κ3) is 5.61. The second-order valence-corrected chi connectivity index (χ2v) is 4.26. The van der Waals surface area contributed by atoms with Gasteiger partial charge in [0.15, 0.2) is 0 Å². The molecule has 0 aliphatic heterocycles. The third-order valence-electron chi connectivity index (χ3n) is 2.66. The summed E-state index contributed by atoms with van der Waals surface area (Å²) in [5, 5.41) is 2.71. The van der Waals surface area contributed by atoms with Crippen molar-refractivity contribution >= 4 is 17.3 Å². The molecule has 5 heteroatoms. The molecule has 0 aliphatic carbocycles. The van der Waals surface area contributed by atoms with Crippen molar-refractivity contribution in [3.05, 3.63) is 18.2 Å². The molecule has 0 fully saturated rings. The van der Waals surface area contributed by atoms with Crippen molar-refractivity contribution < 1.29 is 14.3 Å². The molecule has 3 N–H and O–H groups in total. The van der Waals surface area contributed by atoms with Gasteiger partial charge in [-0.25, -0.2) is 0 Å². The lowest BCUT2D eigenvalue weighted by molar-refractivity contribution is -0.120. The van der Waals surface area contributed by atoms with E-state index in [4.69, 9.17) is 15.2 Å². The number of hydrogen-bond acceptors (Lipinski definition) is 4. The number of nitrogen functional groups attached to an aromatic ring is 1. The monoisotopic (exact) mass is 266 g/mol. The first-order chi connectivity index (χ1) is 9.17. The van der Waals surface area contributed by atoms with E-state index in [-0.39, 0.29) is 12.5 Å². The normalized spacial score (nSPS) is 10.2. The number of carbonyl (C=O) groups is 1. The predicted octanol–water partition coefficient (Wildman–Crippen LogP) is 2.42. The number of methoxy groups -OCH3 is 1. The van der Waals surface area contributed by atoms with Gasteiger partial charge in [0, 0.05) is 12.7 Å². The molecular formula is C14H22N2O3. The summed E-state index contributed by atoms with van der Waals surface area (Å²) in [5.74, 6) is 0.458. The van der Waals surface area contributed by atoms with Gasteiger partial charge in [0.1, 0.15) is 12.4 Å². The van der Waals surface area contributed by atoms with E-state index < -0.39 is 0 Å². The molecule has 0 unspecified atom stereocenters. The van der Waals surface area contributed by atoms with Crippen LogP contribution in [-0.2, 0) is 9.53 Å². The molecular weight excluding hydrogens is 244 g/mol. The van der Waals surface area contributed by atoms with Crippen LogP contribution in [0.5, 0.6) is 5.75 Å². The van der Waals surface area contributed by atoms with Gasteiger partial charge >= 0.3 is 0 Å². The van der Waals surface area contributed by atoms with Crippen LogP contribution in [0.25, 0.3) is 0 Å². The number of rotatable bonds is 8. The third-order valence-corrected chi connectivity index (χ3v) is 2.66. The average molecular weight is 266 g/mol. The van der Waals surface area contributed by atoms with Crippen LogP contribution >= 0.6 is 0 Å². The minimum absolute atomic E-state index is 0.0508. The molecule has 0 aromatic heterocycles. The van der Waals surface area contributed by atoms with Crippen molar-refractivity contribution in [1.82, 2.24) is 0 Å². The van der Waals surface area contributed by atoms with E-state index in [1.807, 2.05) is 0 Å². The maximum Gasteiger partial charge on any atom is 0.250 e. The molecule has 0 aliphatic rings. The molecule has 19 heavy (non-hydrogen) atoms. The fraction of sp³-hybridized carbons (Fsp3) is 0.500. The predicted molar refractivity (Wildman–Crippen MR) is 76.4 cm³/mol. The van der Waals surface area contributed by atoms with Crippen LogP contribution in [0.15, 0.2) is 18.2 Å². The SMILES string of the molecule is CCCCCOCC(=O)Nc1ccc(OC)cc1N. The maximum atomic E-state index is 11.6. The number of anilines is 2. The number of unbranched alkanes of at least 4 members (excludes halogenated alkanes) is 2. The van der Waals surface area contributed by atoms with Crippen molar-refractivity contribution in [3.63, 3.8) is 0 Å². The van der Waals surface area contributed by atoms with Crippen LogP contribution in [0.2, 0.25) is 0 Å². The fourth-order valence-electron chi connectivity index (χ4n) is 1.59. The van der Waals surface area contributed by atoms with Crippen molar-refractivity contribution in [2.24, 2.45) is 0 Å². The summed E-state index contributed by atoms with van der Waals surface area (Å²) in [4.78, 5) is 11.6. The molecule has 0 spiro atoms. The topological polar surface area (TPSA) is 73.6 Å². The zero-order chi connectivity index (χ0) is 14.1. The Balaban J connectivity index is 2.36. The highest BCUT2D eigenvalue weighted by Gasteiger charge is 2.06. The molecule has 0 bridgehead atoms. The van der Waals surface area contributed by atoms with Crippen LogP contribution < -0.4 is 15.8 Å². The van der Waals surface area contributed by atoms with Gasteiger partial charge in [-0.15, -0.1) is 0 Å². The summed E-state index contributed by atoms with van der Waals surface area (Å²) < 4.78 is 10.3. The van der Waals surface area contributed by atoms with Gasteiger partial charge in [-0.1, -0.05) is 19.8 Å². The summed E-state index contributed by atoms with van der Waals surface area (Å²) >= 11 is 0. The summed E-state index contributed by atoms with van der Waals surface area (Å²) in [6.07, 6.45) is 3.24. The first-order valence-corrected chi connectivity index (χ1v) is 6.48. The van der Waals surface area contributed by atoms with Gasteiger partial charge in [-0.05, 0) is 18.6 Å². The Morgan fingerprint density at radius 3 is 2.79 bits per heavy atom. The van der Waals surface area contributed by atoms with Crippen LogP contribution in [0.3, 0.4) is 0 Å². The molecule has 5 nitrogen and oxygen atoms in total. The number of ether oxygens (including phenoxy) is 2. The highest BCUT2D eigenvalue weighted by molar-refractivity contribution is 5.94. The summed E-state index contributed by atoms with van der Waals surface area (Å²) in [6.45, 7) is 2.79. The van der Waals surface area contributed by atoms with Crippen LogP contribution in [0.1, 0.15) is 26.2 Å². The first kappa shape index (κ1) is 15.3. The van der Waals surface area contributed by atoms with E-state index in [1.54, 1.807) is 25.3 Å². The van der Waals surface area contributed by atoms with Crippen LogP contribution in [0, 0.1) is 0 Å². The fourth-order valence-corrected chi connectivity index (χ4v) is 1.59. The van der Waals surface area contributed by atoms with Crippen molar-refractivity contribution in [1.29, 1.82) is 0 Å². The van der Waals surface area contributed by atoms with E-state index in [0.29, 0.717) is 23.7 Å². The molecule has 0 saturated carbocycles. The lowest BCUT2D eigenvalue weighted by atomic mass is 10.2. The van der Waals surface area contributed by atoms with Crippen molar-refractivity contribution in [3.8, 4) is 5.75 Å². The van der Waals surface area contributed by atoms with Gasteiger partial charge < -0.3 is 20.5 Å². The highest BCUT2D eigenvalue weighted by atomic mass is 16.5. The van der Waals surface area contributed by atoms with Gasteiger partial charge in [-0.3, -0.25) is 4.79 Å². The molecule has 0 saturated heterocycles. The number of benzene rings is 1. The van der Waals surface area contributed by atoms with Crippen LogP contribution in [0.4, 0.5) is 11.4 Å². The lowest BCUT2D eigenvalue weighted by Gasteiger charge is -2.10. The number of nitrogens with two attached hydrogens (primary N) is 1. The van der Waals surface area contributed by atoms with Crippen LogP contribution in [-0.4, -0.2) is 26.2 Å². The second-order valence-electron chi connectivity index (χ2n) is 4.26. The van der Waals surface area contributed by atoms with E-state index in [9.17, 15) is 4.79 Å². The Kier molecular flexibility index (Phi) is 6.74. The van der Waals surface area contributed by atoms with Gasteiger partial charge in [-0.2, -0.15) is 0 Å². The minimum atomic E-state index is -0.201. The average Bonchev–Trinajstić information content (AvgIpc) is 2.41. The van der Waals surface area contributed by atoms with Gasteiger partial charge in [0.05, 0.1) is 18.5 Å². The summed E-state index contributed by atoms with van der Waals surface area (Å²) in [6, 6.07) is 5.12. The Morgan fingerprint density at radius 2 is 2.16 bits per heavy atom. The Bertz CT molecular complexity index is 408. The zero-order valence-electron chi connectivity index (χ0n) is 11.6. The van der Waals surface area contributed by atoms with E-state index >= 15 is 0 Å². The zero-order valence-corrected chi connectivity index (χ0v) is 11.6. The molecule has 0 radical (unpaired) electrons. The molecule has 1 aromatic carbocycles. The molecule has 1 rings (SSSR count). The first-order valence-electron chi connectivity index (χ1n) is 6.48. The quantitative estimate of drug-likeness (QED) is 0.560. The number of amides is 1. The second kappa shape index (κ2) is 8.37. The van der Waals surface area contributed by atoms with Crippen molar-refractivity contribution in [2.45, 2.75) is 26.2 Å². The summed E-state index contributed by atoms with van der Waals surface area (Å²) in [5.41, 5.74) is 6.85. The van der Waals surface area contributed by atoms with Gasteiger partial charge in [0.25, 0.3) is 0 Å². The smallest absolute Gasteiger partial charge is 0.250 e. The lowest BCUT2D eigenvalue weighted by Crippen LogP contribution is -2.19. The van der Waals surface area contributed by atoms with E-state index in [0.717, 1.165) is 19.3 Å². The molecule has 0 atom stereocenters. The number of carbonyl (C=O) groups excluding carboxylic acids is 1. The molecule has 1 aromatic rings. The largest absolute Gasteiger partial charge is 0.497 e. The molecule has 1 amide bonds. The minimum Gasteiger partial charge on any atom is -0.497 e. The van der Waals surface area contributed by atoms with E-state index in [1.165, 1.54) is 0 Å². The summed E-state index contributed by atoms with van der Waals surface area (Å²) in [7, 11) is 1.57. The Morgan fingerprint density at radius 1 is 1.37 bits per heavy atom. The Hall–Kier alpha value is -1.75. The Labute approximate surface area is 114 Å². The van der Waals surface area contributed by atoms with Crippen molar-refractivity contribution in [2.75, 3.05) is 31.4 Å². The highest BCUT2D eigenvalue weighted by Crippen LogP contribution is 2.23. The van der Waals surface area contributed by atoms with E-state index in [2.05, 4.69) is 12.2 Å². The van der Waals surface area contributed by atoms with Gasteiger partial charge in [0.2, 0.25) is 5.91 Å². The number of nitrogens with one attached hydrogen (secondary N) is 1.